The van der Waals surface area contributed by atoms with Crippen molar-refractivity contribution in [1.29, 1.82) is 0 Å². The first kappa shape index (κ1) is 13.6. The Labute approximate surface area is 126 Å². The van der Waals surface area contributed by atoms with Crippen molar-refractivity contribution in [1.82, 2.24) is 4.98 Å². The fourth-order valence-corrected chi connectivity index (χ4v) is 2.54. The summed E-state index contributed by atoms with van der Waals surface area (Å²) in [5.41, 5.74) is 1.40. The lowest BCUT2D eigenvalue weighted by molar-refractivity contribution is -0.114. The predicted molar refractivity (Wildman–Crippen MR) is 77.8 cm³/mol. The summed E-state index contributed by atoms with van der Waals surface area (Å²) in [6.07, 6.45) is 0. The van der Waals surface area contributed by atoms with Crippen molar-refractivity contribution >= 4 is 29.0 Å². The Morgan fingerprint density at radius 2 is 1.95 bits per heavy atom. The van der Waals surface area contributed by atoms with E-state index in [-0.39, 0.29) is 17.1 Å². The number of Topliss-reactive ketones (excluding diaryl/α,β-unsaturated/α-hetero) is 1. The number of nitrogens with zero attached hydrogens (tertiary/aromatic N) is 2. The molecule has 1 aromatic carbocycles. The minimum atomic E-state index is -0.595. The van der Waals surface area contributed by atoms with Crippen molar-refractivity contribution in [3.8, 4) is 5.88 Å². The molecule has 0 fully saturated rings. The molecule has 0 aliphatic carbocycles. The molecule has 0 unspecified atom stereocenters. The van der Waals surface area contributed by atoms with Gasteiger partial charge in [0.25, 0.3) is 11.7 Å². The van der Waals surface area contributed by atoms with Crippen LogP contribution in [0.5, 0.6) is 5.88 Å². The molecule has 0 spiro atoms. The van der Waals surface area contributed by atoms with Crippen molar-refractivity contribution in [2.45, 2.75) is 6.54 Å². The van der Waals surface area contributed by atoms with Gasteiger partial charge in [-0.3, -0.25) is 14.5 Å². The lowest BCUT2D eigenvalue weighted by atomic mass is 10.1. The zero-order valence-corrected chi connectivity index (χ0v) is 11.9. The number of carbonyl (C=O) groups is 2. The Morgan fingerprint density at radius 3 is 2.71 bits per heavy atom. The van der Waals surface area contributed by atoms with Crippen LogP contribution in [0.2, 0.25) is 5.02 Å². The van der Waals surface area contributed by atoms with Crippen molar-refractivity contribution in [2.24, 2.45) is 0 Å². The number of carbonyl (C=O) groups excluding carboxylic acids is 2. The number of pyridine rings is 1. The number of methoxy groups -OCH3 is 1. The van der Waals surface area contributed by atoms with E-state index in [1.165, 1.54) is 12.0 Å². The van der Waals surface area contributed by atoms with Gasteiger partial charge in [-0.05, 0) is 18.2 Å². The highest BCUT2D eigenvalue weighted by molar-refractivity contribution is 6.55. The van der Waals surface area contributed by atoms with Crippen LogP contribution >= 0.6 is 11.6 Å². The monoisotopic (exact) mass is 302 g/mol. The lowest BCUT2D eigenvalue weighted by Crippen LogP contribution is -2.29. The smallest absolute Gasteiger partial charge is 0.299 e. The van der Waals surface area contributed by atoms with Gasteiger partial charge in [-0.1, -0.05) is 23.7 Å². The normalized spacial score (nSPS) is 13.5. The zero-order chi connectivity index (χ0) is 15.0. The molecule has 5 nitrogen and oxygen atoms in total. The molecule has 1 aliphatic rings. The van der Waals surface area contributed by atoms with Gasteiger partial charge in [-0.2, -0.15) is 0 Å². The number of ketones is 1. The molecule has 0 N–H and O–H groups in total. The number of amides is 1. The summed E-state index contributed by atoms with van der Waals surface area (Å²) >= 11 is 6.01. The van der Waals surface area contributed by atoms with E-state index in [1.807, 2.05) is 0 Å². The molecule has 106 valence electrons. The number of hydrogen-bond donors (Lipinski definition) is 0. The highest BCUT2D eigenvalue weighted by atomic mass is 35.5. The Balaban J connectivity index is 1.98. The third-order valence-electron chi connectivity index (χ3n) is 3.26. The van der Waals surface area contributed by atoms with Crippen LogP contribution in [0, 0.1) is 0 Å². The number of aromatic nitrogens is 1. The molecule has 0 bridgehead atoms. The van der Waals surface area contributed by atoms with Gasteiger partial charge in [0.2, 0.25) is 5.88 Å². The van der Waals surface area contributed by atoms with Gasteiger partial charge in [0, 0.05) is 6.07 Å². The molecule has 0 saturated carbocycles. The third kappa shape index (κ3) is 2.25. The average Bonchev–Trinajstić information content (AvgIpc) is 2.74. The van der Waals surface area contributed by atoms with Gasteiger partial charge < -0.3 is 4.74 Å². The fraction of sp³-hybridized carbons (Fsp3) is 0.133. The van der Waals surface area contributed by atoms with Crippen molar-refractivity contribution in [3.05, 3.63) is 52.7 Å². The molecule has 21 heavy (non-hydrogen) atoms. The molecule has 0 atom stereocenters. The van der Waals surface area contributed by atoms with Gasteiger partial charge in [-0.25, -0.2) is 4.98 Å². The first-order valence-corrected chi connectivity index (χ1v) is 6.64. The molecular weight excluding hydrogens is 292 g/mol. The van der Waals surface area contributed by atoms with E-state index in [2.05, 4.69) is 4.98 Å². The van der Waals surface area contributed by atoms with Crippen LogP contribution in [0.4, 0.5) is 5.69 Å². The Hall–Kier alpha value is -2.40. The SMILES string of the molecule is COc1cccc(CN2C(=O)C(=O)c3c(Cl)cccc32)n1. The molecule has 2 heterocycles. The minimum Gasteiger partial charge on any atom is -0.481 e. The Morgan fingerprint density at radius 1 is 1.19 bits per heavy atom. The largest absolute Gasteiger partial charge is 0.481 e. The van der Waals surface area contributed by atoms with Crippen molar-refractivity contribution in [2.75, 3.05) is 12.0 Å². The first-order chi connectivity index (χ1) is 10.1. The second kappa shape index (κ2) is 5.18. The molecule has 1 amide bonds. The van der Waals surface area contributed by atoms with Crippen molar-refractivity contribution < 1.29 is 14.3 Å². The van der Waals surface area contributed by atoms with E-state index in [0.29, 0.717) is 17.3 Å². The summed E-state index contributed by atoms with van der Waals surface area (Å²) < 4.78 is 5.05. The van der Waals surface area contributed by atoms with E-state index in [1.54, 1.807) is 36.4 Å². The summed E-state index contributed by atoms with van der Waals surface area (Å²) in [4.78, 5) is 29.8. The Bertz CT molecular complexity index is 745. The average molecular weight is 303 g/mol. The van der Waals surface area contributed by atoms with Crippen LogP contribution in [0.1, 0.15) is 16.1 Å². The van der Waals surface area contributed by atoms with Crippen LogP contribution in [0.25, 0.3) is 0 Å². The third-order valence-corrected chi connectivity index (χ3v) is 3.57. The molecule has 2 aromatic rings. The van der Waals surface area contributed by atoms with E-state index in [9.17, 15) is 9.59 Å². The second-order valence-electron chi connectivity index (χ2n) is 4.53. The lowest BCUT2D eigenvalue weighted by Gasteiger charge is -2.16. The van der Waals surface area contributed by atoms with Crippen LogP contribution in [0.3, 0.4) is 0 Å². The number of ether oxygens (including phenoxy) is 1. The number of rotatable bonds is 3. The van der Waals surface area contributed by atoms with Gasteiger partial charge in [0.15, 0.2) is 0 Å². The summed E-state index contributed by atoms with van der Waals surface area (Å²) in [6, 6.07) is 10.3. The molecule has 3 rings (SSSR count). The van der Waals surface area contributed by atoms with Gasteiger partial charge >= 0.3 is 0 Å². The van der Waals surface area contributed by atoms with Crippen LogP contribution in [-0.4, -0.2) is 23.8 Å². The molecule has 1 aromatic heterocycles. The topological polar surface area (TPSA) is 59.5 Å². The minimum absolute atomic E-state index is 0.190. The van der Waals surface area contributed by atoms with Gasteiger partial charge in [-0.15, -0.1) is 0 Å². The number of hydrogen-bond acceptors (Lipinski definition) is 4. The van der Waals surface area contributed by atoms with Crippen LogP contribution in [-0.2, 0) is 11.3 Å². The number of benzene rings is 1. The Kier molecular flexibility index (Phi) is 3.35. The molecule has 6 heteroatoms. The van der Waals surface area contributed by atoms with Gasteiger partial charge in [0.05, 0.1) is 35.6 Å². The van der Waals surface area contributed by atoms with Crippen LogP contribution < -0.4 is 9.64 Å². The second-order valence-corrected chi connectivity index (χ2v) is 4.93. The van der Waals surface area contributed by atoms with Crippen molar-refractivity contribution in [3.63, 3.8) is 0 Å². The van der Waals surface area contributed by atoms with E-state index < -0.39 is 11.7 Å². The van der Waals surface area contributed by atoms with Crippen LogP contribution in [0.15, 0.2) is 36.4 Å². The number of fused-ring (bicyclic) bond motifs is 1. The van der Waals surface area contributed by atoms with E-state index in [4.69, 9.17) is 16.3 Å². The predicted octanol–water partition coefficient (Wildman–Crippen LogP) is 2.47. The molecule has 0 radical (unpaired) electrons. The van der Waals surface area contributed by atoms with E-state index >= 15 is 0 Å². The number of halogens is 1. The summed E-state index contributed by atoms with van der Waals surface area (Å²) in [6.45, 7) is 0.190. The summed E-state index contributed by atoms with van der Waals surface area (Å²) in [5, 5.41) is 0.284. The van der Waals surface area contributed by atoms with Gasteiger partial charge in [0.1, 0.15) is 0 Å². The zero-order valence-electron chi connectivity index (χ0n) is 11.2. The highest BCUT2D eigenvalue weighted by Crippen LogP contribution is 2.34. The summed E-state index contributed by atoms with van der Waals surface area (Å²) in [5.74, 6) is -0.724. The quantitative estimate of drug-likeness (QED) is 0.817. The number of anilines is 1. The maximum atomic E-state index is 12.1. The maximum absolute atomic E-state index is 12.1. The fourth-order valence-electron chi connectivity index (χ4n) is 2.28. The molecule has 0 saturated heterocycles. The maximum Gasteiger partial charge on any atom is 0.299 e. The standard InChI is InChI=1S/C15H11ClN2O3/c1-21-12-7-2-4-9(17-12)8-18-11-6-3-5-10(16)13(11)14(19)15(18)20/h2-7H,8H2,1H3. The molecular formula is C15H11ClN2O3. The molecule has 1 aliphatic heterocycles. The van der Waals surface area contributed by atoms with E-state index in [0.717, 1.165) is 0 Å². The summed E-state index contributed by atoms with van der Waals surface area (Å²) in [7, 11) is 1.52. The highest BCUT2D eigenvalue weighted by Gasteiger charge is 2.37. The first-order valence-electron chi connectivity index (χ1n) is 6.26.